The van der Waals surface area contributed by atoms with Crippen molar-refractivity contribution in [2.75, 3.05) is 25.5 Å². The Morgan fingerprint density at radius 3 is 2.62 bits per heavy atom. The van der Waals surface area contributed by atoms with Crippen LogP contribution in [0.25, 0.3) is 0 Å². The predicted molar refractivity (Wildman–Crippen MR) is 77.1 cm³/mol. The van der Waals surface area contributed by atoms with Crippen LogP contribution in [-0.4, -0.2) is 65.5 Å². The molecule has 1 heterocycles. The number of carbonyl (C=O) groups is 3. The summed E-state index contributed by atoms with van der Waals surface area (Å²) in [5.41, 5.74) is 0. The van der Waals surface area contributed by atoms with Crippen molar-refractivity contribution in [2.24, 2.45) is 5.92 Å². The number of thiol groups is 1. The van der Waals surface area contributed by atoms with Gasteiger partial charge >= 0.3 is 11.9 Å². The van der Waals surface area contributed by atoms with Gasteiger partial charge in [-0.3, -0.25) is 4.79 Å². The fourth-order valence-corrected chi connectivity index (χ4v) is 2.30. The molecule has 8 heteroatoms. The van der Waals surface area contributed by atoms with Gasteiger partial charge in [0.15, 0.2) is 0 Å². The SMILES string of the molecule is CCOC(=O)CO[C@@H]1C[C@@H](C(=O)O)N(C(=O)[C@H](C)CS)C1. The number of amides is 1. The van der Waals surface area contributed by atoms with Crippen LogP contribution >= 0.6 is 12.6 Å². The number of esters is 1. The highest BCUT2D eigenvalue weighted by Gasteiger charge is 2.41. The molecule has 0 aromatic rings. The summed E-state index contributed by atoms with van der Waals surface area (Å²) in [6, 6.07) is -0.924. The first kappa shape index (κ1) is 17.8. The third-order valence-corrected chi connectivity index (χ3v) is 3.82. The van der Waals surface area contributed by atoms with Crippen LogP contribution in [0.4, 0.5) is 0 Å². The normalized spacial score (nSPS) is 22.9. The van der Waals surface area contributed by atoms with Crippen molar-refractivity contribution < 1.29 is 29.0 Å². The molecule has 3 atom stereocenters. The molecule has 120 valence electrons. The molecule has 1 amide bonds. The van der Waals surface area contributed by atoms with E-state index in [1.165, 1.54) is 4.90 Å². The molecule has 1 N–H and O–H groups in total. The number of hydrogen-bond acceptors (Lipinski definition) is 6. The monoisotopic (exact) mass is 319 g/mol. The smallest absolute Gasteiger partial charge is 0.332 e. The molecular weight excluding hydrogens is 298 g/mol. The first-order valence-electron chi connectivity index (χ1n) is 6.82. The van der Waals surface area contributed by atoms with E-state index >= 15 is 0 Å². The van der Waals surface area contributed by atoms with Crippen LogP contribution in [0.2, 0.25) is 0 Å². The average Bonchev–Trinajstić information content (AvgIpc) is 2.88. The minimum absolute atomic E-state index is 0.160. The van der Waals surface area contributed by atoms with E-state index in [4.69, 9.17) is 9.47 Å². The van der Waals surface area contributed by atoms with E-state index in [0.29, 0.717) is 5.75 Å². The first-order valence-corrected chi connectivity index (χ1v) is 7.45. The van der Waals surface area contributed by atoms with Crippen molar-refractivity contribution in [3.8, 4) is 0 Å². The Bertz CT molecular complexity index is 402. The van der Waals surface area contributed by atoms with Crippen molar-refractivity contribution in [2.45, 2.75) is 32.4 Å². The van der Waals surface area contributed by atoms with Gasteiger partial charge < -0.3 is 19.5 Å². The lowest BCUT2D eigenvalue weighted by atomic mass is 10.1. The van der Waals surface area contributed by atoms with E-state index in [2.05, 4.69) is 12.6 Å². The van der Waals surface area contributed by atoms with Gasteiger partial charge in [0.2, 0.25) is 5.91 Å². The van der Waals surface area contributed by atoms with Crippen molar-refractivity contribution in [1.29, 1.82) is 0 Å². The van der Waals surface area contributed by atoms with Crippen LogP contribution in [-0.2, 0) is 23.9 Å². The lowest BCUT2D eigenvalue weighted by molar-refractivity contribution is -0.150. The van der Waals surface area contributed by atoms with Crippen LogP contribution in [0, 0.1) is 5.92 Å². The standard InChI is InChI=1S/C13H21NO6S/c1-3-19-11(15)6-20-9-4-10(13(17)18)14(5-9)12(16)8(2)7-21/h8-10,21H,3-7H2,1-2H3,(H,17,18)/t8-,9-,10+/m1/s1. The topological polar surface area (TPSA) is 93.1 Å². The molecule has 0 aromatic heterocycles. The fourth-order valence-electron chi connectivity index (χ4n) is 2.15. The van der Waals surface area contributed by atoms with Crippen LogP contribution in [0.15, 0.2) is 0 Å². The number of ether oxygens (including phenoxy) is 2. The summed E-state index contributed by atoms with van der Waals surface area (Å²) in [4.78, 5) is 35.9. The largest absolute Gasteiger partial charge is 0.480 e. The molecule has 1 fully saturated rings. The van der Waals surface area contributed by atoms with Gasteiger partial charge in [0.25, 0.3) is 0 Å². The molecule has 0 spiro atoms. The van der Waals surface area contributed by atoms with Gasteiger partial charge in [0.05, 0.1) is 12.7 Å². The zero-order valence-corrected chi connectivity index (χ0v) is 13.0. The number of carbonyl (C=O) groups excluding carboxylic acids is 2. The first-order chi connectivity index (χ1) is 9.90. The summed E-state index contributed by atoms with van der Waals surface area (Å²) >= 11 is 4.06. The summed E-state index contributed by atoms with van der Waals surface area (Å²) in [6.45, 7) is 3.56. The summed E-state index contributed by atoms with van der Waals surface area (Å²) in [5.74, 6) is -1.86. The van der Waals surface area contributed by atoms with Gasteiger partial charge in [-0.15, -0.1) is 0 Å². The van der Waals surface area contributed by atoms with Gasteiger partial charge in [-0.2, -0.15) is 12.6 Å². The van der Waals surface area contributed by atoms with E-state index in [0.717, 1.165) is 0 Å². The van der Waals surface area contributed by atoms with E-state index in [1.54, 1.807) is 13.8 Å². The van der Waals surface area contributed by atoms with Crippen LogP contribution in [0.5, 0.6) is 0 Å². The second-order valence-corrected chi connectivity index (χ2v) is 5.27. The second kappa shape index (κ2) is 8.23. The molecule has 0 unspecified atom stereocenters. The Kier molecular flexibility index (Phi) is 6.97. The maximum absolute atomic E-state index is 12.1. The van der Waals surface area contributed by atoms with Crippen LogP contribution in [0.3, 0.4) is 0 Å². The highest BCUT2D eigenvalue weighted by atomic mass is 32.1. The van der Waals surface area contributed by atoms with Gasteiger partial charge in [0, 0.05) is 24.6 Å². The predicted octanol–water partition coefficient (Wildman–Crippen LogP) is 0.186. The van der Waals surface area contributed by atoms with Crippen molar-refractivity contribution in [1.82, 2.24) is 4.90 Å². The van der Waals surface area contributed by atoms with Gasteiger partial charge in [0.1, 0.15) is 12.6 Å². The molecule has 1 aliphatic rings. The molecule has 0 radical (unpaired) electrons. The Labute approximate surface area is 129 Å². The van der Waals surface area contributed by atoms with E-state index in [9.17, 15) is 19.5 Å². The molecular formula is C13H21NO6S. The molecule has 1 saturated heterocycles. The number of carboxylic acids is 1. The average molecular weight is 319 g/mol. The minimum atomic E-state index is -1.07. The van der Waals surface area contributed by atoms with E-state index in [-0.39, 0.29) is 38.0 Å². The molecule has 7 nitrogen and oxygen atoms in total. The number of rotatable bonds is 7. The highest BCUT2D eigenvalue weighted by molar-refractivity contribution is 7.80. The number of aliphatic carboxylic acids is 1. The molecule has 1 aliphatic heterocycles. The molecule has 1 rings (SSSR count). The summed E-state index contributed by atoms with van der Waals surface area (Å²) in [7, 11) is 0. The number of nitrogens with zero attached hydrogens (tertiary/aromatic N) is 1. The lowest BCUT2D eigenvalue weighted by Gasteiger charge is -2.24. The summed E-state index contributed by atoms with van der Waals surface area (Å²) < 4.78 is 10.1. The van der Waals surface area contributed by atoms with Crippen molar-refractivity contribution in [3.05, 3.63) is 0 Å². The number of carboxylic acid groups (broad SMARTS) is 1. The maximum Gasteiger partial charge on any atom is 0.332 e. The molecule has 0 saturated carbocycles. The second-order valence-electron chi connectivity index (χ2n) is 4.90. The zero-order chi connectivity index (χ0) is 16.0. The Morgan fingerprint density at radius 2 is 2.10 bits per heavy atom. The minimum Gasteiger partial charge on any atom is -0.480 e. The quantitative estimate of drug-likeness (QED) is 0.514. The number of likely N-dealkylation sites (tertiary alicyclic amines) is 1. The van der Waals surface area contributed by atoms with Gasteiger partial charge in [-0.1, -0.05) is 6.92 Å². The van der Waals surface area contributed by atoms with Crippen LogP contribution < -0.4 is 0 Å². The maximum atomic E-state index is 12.1. The Morgan fingerprint density at radius 1 is 1.43 bits per heavy atom. The molecule has 21 heavy (non-hydrogen) atoms. The molecule has 0 aromatic carbocycles. The lowest BCUT2D eigenvalue weighted by Crippen LogP contribution is -2.43. The summed E-state index contributed by atoms with van der Waals surface area (Å²) in [6.07, 6.45) is -0.314. The third-order valence-electron chi connectivity index (χ3n) is 3.27. The fraction of sp³-hybridized carbons (Fsp3) is 0.769. The van der Waals surface area contributed by atoms with E-state index < -0.39 is 24.1 Å². The Hall–Kier alpha value is -1.28. The molecule has 0 bridgehead atoms. The van der Waals surface area contributed by atoms with Crippen molar-refractivity contribution in [3.63, 3.8) is 0 Å². The molecule has 0 aliphatic carbocycles. The van der Waals surface area contributed by atoms with E-state index in [1.807, 2.05) is 0 Å². The zero-order valence-electron chi connectivity index (χ0n) is 12.2. The summed E-state index contributed by atoms with van der Waals surface area (Å²) in [5, 5.41) is 9.21. The highest BCUT2D eigenvalue weighted by Crippen LogP contribution is 2.23. The van der Waals surface area contributed by atoms with Gasteiger partial charge in [-0.05, 0) is 6.92 Å². The third kappa shape index (κ3) is 4.89. The van der Waals surface area contributed by atoms with Crippen molar-refractivity contribution >= 4 is 30.5 Å². The van der Waals surface area contributed by atoms with Crippen LogP contribution in [0.1, 0.15) is 20.3 Å². The number of hydrogen-bond donors (Lipinski definition) is 2. The van der Waals surface area contributed by atoms with Gasteiger partial charge in [-0.25, -0.2) is 9.59 Å². The Balaban J connectivity index is 2.62.